The van der Waals surface area contributed by atoms with Gasteiger partial charge < -0.3 is 10.5 Å². The van der Waals surface area contributed by atoms with Crippen LogP contribution in [-0.4, -0.2) is 19.7 Å². The minimum absolute atomic E-state index is 0.297. The van der Waals surface area contributed by atoms with Crippen molar-refractivity contribution in [2.24, 2.45) is 5.73 Å². The van der Waals surface area contributed by atoms with Crippen molar-refractivity contribution in [1.82, 2.24) is 19.7 Å². The molecule has 0 unspecified atom stereocenters. The Balaban J connectivity index is 2.08. The molecule has 0 fully saturated rings. The maximum Gasteiger partial charge on any atom is 0.321 e. The third-order valence-corrected chi connectivity index (χ3v) is 2.23. The van der Waals surface area contributed by atoms with Crippen molar-refractivity contribution in [2.75, 3.05) is 0 Å². The van der Waals surface area contributed by atoms with Crippen LogP contribution in [-0.2, 0) is 6.54 Å². The van der Waals surface area contributed by atoms with Crippen LogP contribution in [0.5, 0.6) is 11.8 Å². The number of ether oxygens (including phenoxy) is 1. The van der Waals surface area contributed by atoms with Gasteiger partial charge >= 0.3 is 6.01 Å². The highest BCUT2D eigenvalue weighted by atomic mass is 16.5. The van der Waals surface area contributed by atoms with Gasteiger partial charge in [0.05, 0.1) is 12.4 Å². The van der Waals surface area contributed by atoms with Crippen molar-refractivity contribution in [3.05, 3.63) is 30.4 Å². The predicted octanol–water partition coefficient (Wildman–Crippen LogP) is 1.50. The average Bonchev–Trinajstić information content (AvgIpc) is 2.79. The Hall–Kier alpha value is -1.95. The first-order chi connectivity index (χ1) is 8.19. The molecule has 6 heteroatoms. The first kappa shape index (κ1) is 11.5. The molecule has 90 valence electrons. The monoisotopic (exact) mass is 233 g/mol. The zero-order chi connectivity index (χ0) is 12.3. The molecule has 0 aromatic carbocycles. The second kappa shape index (κ2) is 4.92. The number of nitrogens with zero attached hydrogens (tertiary/aromatic N) is 4. The molecule has 0 saturated carbocycles. The van der Waals surface area contributed by atoms with E-state index in [9.17, 15) is 0 Å². The molecule has 0 bridgehead atoms. The van der Waals surface area contributed by atoms with Crippen molar-refractivity contribution in [3.8, 4) is 11.8 Å². The average molecular weight is 233 g/mol. The molecular formula is C11H15N5O. The maximum atomic E-state index is 5.46. The van der Waals surface area contributed by atoms with Crippen molar-refractivity contribution in [3.63, 3.8) is 0 Å². The van der Waals surface area contributed by atoms with Crippen LogP contribution in [0.15, 0.2) is 24.8 Å². The van der Waals surface area contributed by atoms with Crippen molar-refractivity contribution in [1.29, 1.82) is 0 Å². The lowest BCUT2D eigenvalue weighted by atomic mass is 10.4. The second-order valence-corrected chi connectivity index (χ2v) is 3.93. The summed E-state index contributed by atoms with van der Waals surface area (Å²) in [5, 5.41) is 4.16. The summed E-state index contributed by atoms with van der Waals surface area (Å²) < 4.78 is 7.27. The number of rotatable bonds is 4. The van der Waals surface area contributed by atoms with E-state index in [1.165, 1.54) is 0 Å². The Morgan fingerprint density at radius 2 is 2.00 bits per heavy atom. The SMILES string of the molecule is CC(C)n1cc(Oc2ncc(CN)cn2)cn1. The lowest BCUT2D eigenvalue weighted by Crippen LogP contribution is -2.00. The molecule has 0 aliphatic carbocycles. The fraction of sp³-hybridized carbons (Fsp3) is 0.364. The van der Waals surface area contributed by atoms with Gasteiger partial charge in [0.25, 0.3) is 0 Å². The number of aromatic nitrogens is 4. The summed E-state index contributed by atoms with van der Waals surface area (Å²) in [4.78, 5) is 8.10. The Labute approximate surface area is 99.4 Å². The van der Waals surface area contributed by atoms with Gasteiger partial charge in [0.15, 0.2) is 5.75 Å². The molecule has 2 aromatic rings. The third-order valence-electron chi connectivity index (χ3n) is 2.23. The molecule has 0 saturated heterocycles. The summed E-state index contributed by atoms with van der Waals surface area (Å²) in [5.41, 5.74) is 6.33. The predicted molar refractivity (Wildman–Crippen MR) is 62.6 cm³/mol. The molecule has 0 radical (unpaired) electrons. The normalized spacial score (nSPS) is 10.8. The standard InChI is InChI=1S/C11H15N5O/c1-8(2)16-7-10(6-15-16)17-11-13-4-9(3-12)5-14-11/h4-8H,3,12H2,1-2H3. The van der Waals surface area contributed by atoms with Crippen molar-refractivity contribution in [2.45, 2.75) is 26.4 Å². The smallest absolute Gasteiger partial charge is 0.321 e. The molecular weight excluding hydrogens is 218 g/mol. The van der Waals surface area contributed by atoms with Crippen LogP contribution < -0.4 is 10.5 Å². The van der Waals surface area contributed by atoms with Crippen LogP contribution in [0.2, 0.25) is 0 Å². The number of hydrogen-bond acceptors (Lipinski definition) is 5. The third kappa shape index (κ3) is 2.79. The highest BCUT2D eigenvalue weighted by Gasteiger charge is 2.05. The van der Waals surface area contributed by atoms with Gasteiger partial charge in [-0.3, -0.25) is 4.68 Å². The first-order valence-electron chi connectivity index (χ1n) is 5.42. The van der Waals surface area contributed by atoms with Crippen LogP contribution in [0.3, 0.4) is 0 Å². The van der Waals surface area contributed by atoms with E-state index in [0.29, 0.717) is 24.3 Å². The highest BCUT2D eigenvalue weighted by Crippen LogP contribution is 2.17. The lowest BCUT2D eigenvalue weighted by molar-refractivity contribution is 0.438. The topological polar surface area (TPSA) is 78.9 Å². The van der Waals surface area contributed by atoms with Crippen LogP contribution in [0.1, 0.15) is 25.5 Å². The van der Waals surface area contributed by atoms with Gasteiger partial charge in [-0.2, -0.15) is 5.10 Å². The summed E-state index contributed by atoms with van der Waals surface area (Å²) in [6.45, 7) is 4.51. The summed E-state index contributed by atoms with van der Waals surface area (Å²) >= 11 is 0. The zero-order valence-electron chi connectivity index (χ0n) is 9.87. The van der Waals surface area contributed by atoms with Gasteiger partial charge in [-0.1, -0.05) is 0 Å². The molecule has 0 aliphatic rings. The maximum absolute atomic E-state index is 5.46. The molecule has 2 rings (SSSR count). The largest absolute Gasteiger partial charge is 0.421 e. The highest BCUT2D eigenvalue weighted by molar-refractivity contribution is 5.18. The molecule has 0 spiro atoms. The first-order valence-corrected chi connectivity index (χ1v) is 5.42. The molecule has 6 nitrogen and oxygen atoms in total. The van der Waals surface area contributed by atoms with E-state index in [2.05, 4.69) is 15.1 Å². The van der Waals surface area contributed by atoms with E-state index in [1.807, 2.05) is 24.7 Å². The van der Waals surface area contributed by atoms with Gasteiger partial charge in [-0.15, -0.1) is 0 Å². The fourth-order valence-electron chi connectivity index (χ4n) is 1.26. The van der Waals surface area contributed by atoms with Crippen molar-refractivity contribution >= 4 is 0 Å². The van der Waals surface area contributed by atoms with E-state index in [1.54, 1.807) is 18.6 Å². The Bertz CT molecular complexity index is 477. The molecule has 0 atom stereocenters. The molecule has 2 aromatic heterocycles. The Morgan fingerprint density at radius 3 is 2.53 bits per heavy atom. The van der Waals surface area contributed by atoms with E-state index in [0.717, 1.165) is 5.56 Å². The lowest BCUT2D eigenvalue weighted by Gasteiger charge is -2.03. The van der Waals surface area contributed by atoms with Gasteiger partial charge in [0, 0.05) is 30.5 Å². The van der Waals surface area contributed by atoms with Gasteiger partial charge in [-0.05, 0) is 13.8 Å². The minimum atomic E-state index is 0.297. The molecule has 0 amide bonds. The van der Waals surface area contributed by atoms with E-state index in [4.69, 9.17) is 10.5 Å². The van der Waals surface area contributed by atoms with E-state index < -0.39 is 0 Å². The van der Waals surface area contributed by atoms with Gasteiger partial charge in [0.1, 0.15) is 0 Å². The van der Waals surface area contributed by atoms with Crippen molar-refractivity contribution < 1.29 is 4.74 Å². The second-order valence-electron chi connectivity index (χ2n) is 3.93. The molecule has 0 aliphatic heterocycles. The quantitative estimate of drug-likeness (QED) is 0.865. The summed E-state index contributed by atoms with van der Waals surface area (Å²) in [5.74, 6) is 0.624. The van der Waals surface area contributed by atoms with Gasteiger partial charge in [0.2, 0.25) is 0 Å². The van der Waals surface area contributed by atoms with Crippen LogP contribution in [0.4, 0.5) is 0 Å². The zero-order valence-corrected chi connectivity index (χ0v) is 9.87. The molecule has 17 heavy (non-hydrogen) atoms. The van der Waals surface area contributed by atoms with Gasteiger partial charge in [-0.25, -0.2) is 9.97 Å². The Kier molecular flexibility index (Phi) is 3.34. The Morgan fingerprint density at radius 1 is 1.29 bits per heavy atom. The fourth-order valence-corrected chi connectivity index (χ4v) is 1.26. The van der Waals surface area contributed by atoms with Crippen LogP contribution >= 0.6 is 0 Å². The summed E-state index contributed by atoms with van der Waals surface area (Å²) in [6, 6.07) is 0.596. The minimum Gasteiger partial charge on any atom is -0.421 e. The molecule has 2 N–H and O–H groups in total. The molecule has 2 heterocycles. The van der Waals surface area contributed by atoms with Crippen LogP contribution in [0.25, 0.3) is 0 Å². The summed E-state index contributed by atoms with van der Waals surface area (Å²) in [6.07, 6.45) is 6.75. The van der Waals surface area contributed by atoms with Crippen LogP contribution in [0, 0.1) is 0 Å². The van der Waals surface area contributed by atoms with E-state index >= 15 is 0 Å². The number of nitrogens with two attached hydrogens (primary N) is 1. The van der Waals surface area contributed by atoms with E-state index in [-0.39, 0.29) is 0 Å². The number of hydrogen-bond donors (Lipinski definition) is 1. The summed E-state index contributed by atoms with van der Waals surface area (Å²) in [7, 11) is 0.